The molecule has 1 N–H and O–H groups in total. The Morgan fingerprint density at radius 2 is 1.43 bits per heavy atom. The Bertz CT molecular complexity index is 1330. The zero-order valence-electron chi connectivity index (χ0n) is 21.4. The van der Waals surface area contributed by atoms with Crippen molar-refractivity contribution in [2.24, 2.45) is 0 Å². The Morgan fingerprint density at radius 1 is 0.892 bits per heavy atom. The van der Waals surface area contributed by atoms with Crippen LogP contribution in [-0.2, 0) is 26.2 Å². The molecule has 1 atom stereocenters. The van der Waals surface area contributed by atoms with Gasteiger partial charge in [0.15, 0.2) is 0 Å². The van der Waals surface area contributed by atoms with Crippen LogP contribution >= 0.6 is 11.6 Å². The molecule has 3 aromatic carbocycles. The first-order chi connectivity index (χ1) is 17.4. The van der Waals surface area contributed by atoms with Gasteiger partial charge >= 0.3 is 0 Å². The maximum Gasteiger partial charge on any atom is 0.264 e. The SMILES string of the molecule is CC(C(=O)NC(C)(C)C)N(Cc1ccccc1Cl)C(=O)CN(c1ccccc1)S(=O)(=O)c1ccccc1. The molecule has 0 aromatic heterocycles. The van der Waals surface area contributed by atoms with E-state index >= 15 is 0 Å². The van der Waals surface area contributed by atoms with Crippen LogP contribution in [-0.4, -0.2) is 43.3 Å². The summed E-state index contributed by atoms with van der Waals surface area (Å²) in [6.45, 7) is 6.70. The summed E-state index contributed by atoms with van der Waals surface area (Å²) >= 11 is 6.37. The molecule has 0 bridgehead atoms. The maximum atomic E-state index is 13.8. The van der Waals surface area contributed by atoms with Crippen molar-refractivity contribution in [3.8, 4) is 0 Å². The standard InChI is InChI=1S/C28H32ClN3O4S/c1-21(27(34)30-28(2,3)4)31(19-22-13-11-12-18-25(22)29)26(33)20-32(23-14-7-5-8-15-23)37(35,36)24-16-9-6-10-17-24/h5-18,21H,19-20H2,1-4H3,(H,30,34). The number of para-hydroxylation sites is 1. The van der Waals surface area contributed by atoms with Gasteiger partial charge in [-0.05, 0) is 63.6 Å². The molecule has 0 saturated carbocycles. The molecule has 0 aliphatic carbocycles. The number of halogens is 1. The molecular formula is C28H32ClN3O4S. The molecule has 3 aromatic rings. The quantitative estimate of drug-likeness (QED) is 0.419. The second kappa shape index (κ2) is 11.8. The lowest BCUT2D eigenvalue weighted by atomic mass is 10.1. The Morgan fingerprint density at radius 3 is 2.00 bits per heavy atom. The maximum absolute atomic E-state index is 13.8. The van der Waals surface area contributed by atoms with Gasteiger partial charge in [-0.25, -0.2) is 8.42 Å². The first-order valence-corrected chi connectivity index (χ1v) is 13.7. The molecule has 9 heteroatoms. The Balaban J connectivity index is 2.01. The summed E-state index contributed by atoms with van der Waals surface area (Å²) in [5.41, 5.74) is 0.464. The Kier molecular flexibility index (Phi) is 8.99. The van der Waals surface area contributed by atoms with E-state index in [0.29, 0.717) is 16.3 Å². The van der Waals surface area contributed by atoms with Crippen LogP contribution < -0.4 is 9.62 Å². The number of amides is 2. The molecule has 0 saturated heterocycles. The van der Waals surface area contributed by atoms with E-state index in [9.17, 15) is 18.0 Å². The number of nitrogens with zero attached hydrogens (tertiary/aromatic N) is 2. The van der Waals surface area contributed by atoms with E-state index < -0.39 is 34.1 Å². The van der Waals surface area contributed by atoms with Crippen molar-refractivity contribution in [3.05, 3.63) is 95.5 Å². The van der Waals surface area contributed by atoms with E-state index in [2.05, 4.69) is 5.32 Å². The zero-order valence-corrected chi connectivity index (χ0v) is 23.0. The van der Waals surface area contributed by atoms with Crippen LogP contribution in [0.4, 0.5) is 5.69 Å². The normalized spacial score (nSPS) is 12.5. The van der Waals surface area contributed by atoms with Gasteiger partial charge in [0.05, 0.1) is 10.6 Å². The van der Waals surface area contributed by atoms with Gasteiger partial charge in [0, 0.05) is 17.1 Å². The first-order valence-electron chi connectivity index (χ1n) is 11.9. The van der Waals surface area contributed by atoms with Gasteiger partial charge in [-0.1, -0.05) is 66.2 Å². The summed E-state index contributed by atoms with van der Waals surface area (Å²) < 4.78 is 28.4. The second-order valence-corrected chi connectivity index (χ2v) is 12.0. The fourth-order valence-electron chi connectivity index (χ4n) is 3.71. The molecule has 0 aliphatic rings. The third-order valence-electron chi connectivity index (χ3n) is 5.62. The van der Waals surface area contributed by atoms with E-state index in [1.807, 2.05) is 20.8 Å². The number of carbonyl (C=O) groups excluding carboxylic acids is 2. The van der Waals surface area contributed by atoms with Gasteiger partial charge in [-0.15, -0.1) is 0 Å². The first kappa shape index (κ1) is 28.2. The lowest BCUT2D eigenvalue weighted by Gasteiger charge is -2.33. The third-order valence-corrected chi connectivity index (χ3v) is 7.78. The number of sulfonamides is 1. The molecule has 0 aliphatic heterocycles. The van der Waals surface area contributed by atoms with Gasteiger partial charge in [-0.2, -0.15) is 0 Å². The molecule has 0 heterocycles. The second-order valence-electron chi connectivity index (χ2n) is 9.69. The van der Waals surface area contributed by atoms with Crippen LogP contribution in [0.3, 0.4) is 0 Å². The average molecular weight is 542 g/mol. The average Bonchev–Trinajstić information content (AvgIpc) is 2.86. The highest BCUT2D eigenvalue weighted by atomic mass is 35.5. The van der Waals surface area contributed by atoms with Crippen LogP contribution in [0.15, 0.2) is 89.8 Å². The minimum atomic E-state index is -4.08. The molecule has 1 unspecified atom stereocenters. The summed E-state index contributed by atoms with van der Waals surface area (Å²) in [4.78, 5) is 28.3. The van der Waals surface area contributed by atoms with Crippen LogP contribution in [0.5, 0.6) is 0 Å². The third kappa shape index (κ3) is 7.33. The number of rotatable bonds is 9. The molecule has 196 valence electrons. The number of benzene rings is 3. The minimum absolute atomic E-state index is 0.0330. The molecule has 3 rings (SSSR count). The lowest BCUT2D eigenvalue weighted by Crippen LogP contribution is -2.54. The van der Waals surface area contributed by atoms with Crippen molar-refractivity contribution in [1.29, 1.82) is 0 Å². The number of carbonyl (C=O) groups is 2. The summed E-state index contributed by atoms with van der Waals surface area (Å²) in [5, 5.41) is 3.34. The highest BCUT2D eigenvalue weighted by Crippen LogP contribution is 2.25. The van der Waals surface area contributed by atoms with E-state index in [-0.39, 0.29) is 17.3 Å². The van der Waals surface area contributed by atoms with E-state index in [1.54, 1.807) is 79.7 Å². The number of anilines is 1. The van der Waals surface area contributed by atoms with Crippen molar-refractivity contribution in [2.45, 2.75) is 50.7 Å². The van der Waals surface area contributed by atoms with Crippen LogP contribution in [0, 0.1) is 0 Å². The van der Waals surface area contributed by atoms with Crippen molar-refractivity contribution in [3.63, 3.8) is 0 Å². The van der Waals surface area contributed by atoms with Gasteiger partial charge in [-0.3, -0.25) is 13.9 Å². The predicted molar refractivity (Wildman–Crippen MR) is 147 cm³/mol. The van der Waals surface area contributed by atoms with Crippen molar-refractivity contribution >= 4 is 39.1 Å². The highest BCUT2D eigenvalue weighted by Gasteiger charge is 2.33. The summed E-state index contributed by atoms with van der Waals surface area (Å²) in [6, 6.07) is 22.5. The van der Waals surface area contributed by atoms with Gasteiger partial charge in [0.25, 0.3) is 10.0 Å². The number of nitrogens with one attached hydrogen (secondary N) is 1. The summed E-state index contributed by atoms with van der Waals surface area (Å²) in [7, 11) is -4.08. The molecule has 0 spiro atoms. The van der Waals surface area contributed by atoms with Crippen molar-refractivity contribution in [2.75, 3.05) is 10.8 Å². The molecule has 0 fully saturated rings. The smallest absolute Gasteiger partial charge is 0.264 e. The topological polar surface area (TPSA) is 86.8 Å². The monoisotopic (exact) mass is 541 g/mol. The van der Waals surface area contributed by atoms with E-state index in [0.717, 1.165) is 4.31 Å². The lowest BCUT2D eigenvalue weighted by molar-refractivity contribution is -0.140. The number of hydrogen-bond donors (Lipinski definition) is 1. The Labute approximate surface area is 224 Å². The molecule has 0 radical (unpaired) electrons. The van der Waals surface area contributed by atoms with Crippen molar-refractivity contribution in [1.82, 2.24) is 10.2 Å². The Hall–Kier alpha value is -3.36. The summed E-state index contributed by atoms with van der Waals surface area (Å²) in [5.74, 6) is -0.898. The number of hydrogen-bond acceptors (Lipinski definition) is 4. The summed E-state index contributed by atoms with van der Waals surface area (Å²) in [6.07, 6.45) is 0. The minimum Gasteiger partial charge on any atom is -0.350 e. The highest BCUT2D eigenvalue weighted by molar-refractivity contribution is 7.92. The van der Waals surface area contributed by atoms with Crippen LogP contribution in [0.2, 0.25) is 5.02 Å². The zero-order chi connectivity index (χ0) is 27.2. The van der Waals surface area contributed by atoms with E-state index in [1.165, 1.54) is 17.0 Å². The fraction of sp³-hybridized carbons (Fsp3) is 0.286. The van der Waals surface area contributed by atoms with Gasteiger partial charge in [0.1, 0.15) is 12.6 Å². The van der Waals surface area contributed by atoms with E-state index in [4.69, 9.17) is 11.6 Å². The largest absolute Gasteiger partial charge is 0.350 e. The van der Waals surface area contributed by atoms with Crippen LogP contribution in [0.25, 0.3) is 0 Å². The van der Waals surface area contributed by atoms with Crippen molar-refractivity contribution < 1.29 is 18.0 Å². The van der Waals surface area contributed by atoms with Gasteiger partial charge < -0.3 is 10.2 Å². The molecule has 2 amide bonds. The molecule has 7 nitrogen and oxygen atoms in total. The van der Waals surface area contributed by atoms with Crippen LogP contribution in [0.1, 0.15) is 33.3 Å². The fourth-order valence-corrected chi connectivity index (χ4v) is 5.34. The molecule has 37 heavy (non-hydrogen) atoms. The molecular weight excluding hydrogens is 510 g/mol. The van der Waals surface area contributed by atoms with Gasteiger partial charge in [0.2, 0.25) is 11.8 Å². The predicted octanol–water partition coefficient (Wildman–Crippen LogP) is 4.87.